The Balaban J connectivity index is 1.84. The summed E-state index contributed by atoms with van der Waals surface area (Å²) in [5, 5.41) is 2.91. The number of anilines is 1. The van der Waals surface area contributed by atoms with Gasteiger partial charge in [0.15, 0.2) is 11.5 Å². The molecule has 3 heterocycles. The van der Waals surface area contributed by atoms with Crippen molar-refractivity contribution < 1.29 is 13.2 Å². The average molecular weight is 348 g/mol. The smallest absolute Gasteiger partial charge is 0.370 e. The van der Waals surface area contributed by atoms with Gasteiger partial charge in [-0.2, -0.15) is 13.2 Å². The third-order valence-corrected chi connectivity index (χ3v) is 3.51. The fourth-order valence-electron chi connectivity index (χ4n) is 2.24. The van der Waals surface area contributed by atoms with Crippen LogP contribution in [0.4, 0.5) is 19.0 Å². The number of nitrogens with zero attached hydrogens (tertiary/aromatic N) is 5. The van der Waals surface area contributed by atoms with E-state index in [0.717, 1.165) is 11.8 Å². The van der Waals surface area contributed by atoms with E-state index >= 15 is 0 Å². The molecule has 0 amide bonds. The molecule has 0 fully saturated rings. The molecule has 0 aliphatic heterocycles. The van der Waals surface area contributed by atoms with Crippen LogP contribution in [-0.2, 0) is 19.6 Å². The Labute approximate surface area is 141 Å². The van der Waals surface area contributed by atoms with Crippen LogP contribution >= 0.6 is 0 Å². The Hall–Kier alpha value is -2.97. The number of aryl methyl sites for hydroxylation is 1. The number of alkyl halides is 3. The SMILES string of the molecule is Cn1cncc1CCNc1cc(C(F)(F)F)nc(-c2ccccn2)n1. The molecule has 0 spiro atoms. The van der Waals surface area contributed by atoms with Crippen LogP contribution < -0.4 is 5.32 Å². The molecule has 25 heavy (non-hydrogen) atoms. The zero-order valence-electron chi connectivity index (χ0n) is 13.3. The van der Waals surface area contributed by atoms with Gasteiger partial charge >= 0.3 is 6.18 Å². The van der Waals surface area contributed by atoms with E-state index in [-0.39, 0.29) is 17.3 Å². The third-order valence-electron chi connectivity index (χ3n) is 3.51. The van der Waals surface area contributed by atoms with Crippen molar-refractivity contribution in [3.63, 3.8) is 0 Å². The first-order valence-corrected chi connectivity index (χ1v) is 7.50. The highest BCUT2D eigenvalue weighted by molar-refractivity contribution is 5.53. The number of aromatic nitrogens is 5. The first-order valence-electron chi connectivity index (χ1n) is 7.50. The van der Waals surface area contributed by atoms with Crippen molar-refractivity contribution >= 4 is 5.82 Å². The molecule has 3 rings (SSSR count). The van der Waals surface area contributed by atoms with E-state index in [4.69, 9.17) is 0 Å². The maximum absolute atomic E-state index is 13.1. The second-order valence-electron chi connectivity index (χ2n) is 5.35. The van der Waals surface area contributed by atoms with Crippen molar-refractivity contribution in [1.29, 1.82) is 0 Å². The lowest BCUT2D eigenvalue weighted by Gasteiger charge is -2.12. The molecule has 1 N–H and O–H groups in total. The van der Waals surface area contributed by atoms with E-state index in [2.05, 4.69) is 25.3 Å². The number of halogens is 3. The molecule has 0 radical (unpaired) electrons. The van der Waals surface area contributed by atoms with Crippen molar-refractivity contribution in [2.24, 2.45) is 7.05 Å². The van der Waals surface area contributed by atoms with Crippen LogP contribution in [0.25, 0.3) is 11.5 Å². The summed E-state index contributed by atoms with van der Waals surface area (Å²) in [5.41, 5.74) is 0.233. The summed E-state index contributed by atoms with van der Waals surface area (Å²) in [6.45, 7) is 0.412. The highest BCUT2D eigenvalue weighted by Crippen LogP contribution is 2.30. The predicted molar refractivity (Wildman–Crippen MR) is 85.7 cm³/mol. The number of hydrogen-bond donors (Lipinski definition) is 1. The summed E-state index contributed by atoms with van der Waals surface area (Å²) in [6.07, 6.45) is 0.892. The fourth-order valence-corrected chi connectivity index (χ4v) is 2.24. The molecule has 6 nitrogen and oxygen atoms in total. The summed E-state index contributed by atoms with van der Waals surface area (Å²) in [4.78, 5) is 15.8. The maximum atomic E-state index is 13.1. The lowest BCUT2D eigenvalue weighted by Crippen LogP contribution is -2.14. The largest absolute Gasteiger partial charge is 0.433 e. The van der Waals surface area contributed by atoms with Crippen LogP contribution in [0.5, 0.6) is 0 Å². The van der Waals surface area contributed by atoms with Gasteiger partial charge in [-0.05, 0) is 12.1 Å². The van der Waals surface area contributed by atoms with Crippen LogP contribution in [-0.4, -0.2) is 31.0 Å². The maximum Gasteiger partial charge on any atom is 0.433 e. The molecule has 3 aromatic heterocycles. The topological polar surface area (TPSA) is 68.5 Å². The first kappa shape index (κ1) is 16.9. The van der Waals surface area contributed by atoms with Crippen LogP contribution in [0.1, 0.15) is 11.4 Å². The van der Waals surface area contributed by atoms with E-state index in [9.17, 15) is 13.2 Å². The summed E-state index contributed by atoms with van der Waals surface area (Å²) in [7, 11) is 1.86. The zero-order valence-corrected chi connectivity index (χ0v) is 13.3. The quantitative estimate of drug-likeness (QED) is 0.768. The van der Waals surface area contributed by atoms with Gasteiger partial charge in [0.25, 0.3) is 0 Å². The van der Waals surface area contributed by atoms with E-state index < -0.39 is 11.9 Å². The number of imidazole rings is 1. The van der Waals surface area contributed by atoms with Gasteiger partial charge in [-0.25, -0.2) is 15.0 Å². The van der Waals surface area contributed by atoms with Gasteiger partial charge in [0, 0.05) is 44.2 Å². The molecule has 0 aromatic carbocycles. The number of pyridine rings is 1. The minimum Gasteiger partial charge on any atom is -0.370 e. The van der Waals surface area contributed by atoms with Crippen LogP contribution in [0.3, 0.4) is 0 Å². The van der Waals surface area contributed by atoms with Crippen LogP contribution in [0.2, 0.25) is 0 Å². The first-order chi connectivity index (χ1) is 11.9. The van der Waals surface area contributed by atoms with Crippen molar-refractivity contribution in [1.82, 2.24) is 24.5 Å². The monoisotopic (exact) mass is 348 g/mol. The molecule has 0 aliphatic rings. The molecule has 0 aliphatic carbocycles. The van der Waals surface area contributed by atoms with Crippen LogP contribution in [0.15, 0.2) is 43.0 Å². The second-order valence-corrected chi connectivity index (χ2v) is 5.35. The second kappa shape index (κ2) is 6.88. The molecule has 0 saturated carbocycles. The van der Waals surface area contributed by atoms with Gasteiger partial charge in [0.2, 0.25) is 0 Å². The molecular weight excluding hydrogens is 333 g/mol. The normalized spacial score (nSPS) is 11.5. The van der Waals surface area contributed by atoms with E-state index in [1.54, 1.807) is 30.7 Å². The Bertz CT molecular complexity index is 845. The van der Waals surface area contributed by atoms with Gasteiger partial charge in [-0.15, -0.1) is 0 Å². The van der Waals surface area contributed by atoms with Gasteiger partial charge in [-0.3, -0.25) is 4.98 Å². The molecule has 0 atom stereocenters. The number of rotatable bonds is 5. The van der Waals surface area contributed by atoms with Gasteiger partial charge in [-0.1, -0.05) is 6.07 Å². The summed E-state index contributed by atoms with van der Waals surface area (Å²) >= 11 is 0. The Kier molecular flexibility index (Phi) is 4.64. The Morgan fingerprint density at radius 1 is 1.20 bits per heavy atom. The van der Waals surface area contributed by atoms with Gasteiger partial charge in [0.1, 0.15) is 11.5 Å². The predicted octanol–water partition coefficient (Wildman–Crippen LogP) is 2.95. The average Bonchev–Trinajstić information content (AvgIpc) is 3.00. The molecular formula is C16H15F3N6. The van der Waals surface area contributed by atoms with E-state index in [1.165, 1.54) is 6.20 Å². The Morgan fingerprint density at radius 2 is 2.04 bits per heavy atom. The highest BCUT2D eigenvalue weighted by atomic mass is 19.4. The molecule has 9 heteroatoms. The number of nitrogens with one attached hydrogen (secondary N) is 1. The molecule has 130 valence electrons. The lowest BCUT2D eigenvalue weighted by atomic mass is 10.3. The fraction of sp³-hybridized carbons (Fsp3) is 0.250. The third kappa shape index (κ3) is 4.11. The Morgan fingerprint density at radius 3 is 2.68 bits per heavy atom. The summed E-state index contributed by atoms with van der Waals surface area (Å²) in [6, 6.07) is 5.80. The molecule has 3 aromatic rings. The van der Waals surface area contributed by atoms with Gasteiger partial charge < -0.3 is 9.88 Å². The highest BCUT2D eigenvalue weighted by Gasteiger charge is 2.34. The van der Waals surface area contributed by atoms with E-state index in [1.807, 2.05) is 11.6 Å². The van der Waals surface area contributed by atoms with Crippen molar-refractivity contribution in [2.75, 3.05) is 11.9 Å². The molecule has 0 bridgehead atoms. The van der Waals surface area contributed by atoms with Crippen molar-refractivity contribution in [2.45, 2.75) is 12.6 Å². The van der Waals surface area contributed by atoms with Crippen molar-refractivity contribution in [3.8, 4) is 11.5 Å². The zero-order chi connectivity index (χ0) is 17.9. The molecule has 0 saturated heterocycles. The number of hydrogen-bond acceptors (Lipinski definition) is 5. The minimum atomic E-state index is -4.56. The van der Waals surface area contributed by atoms with Crippen molar-refractivity contribution in [3.05, 3.63) is 54.4 Å². The lowest BCUT2D eigenvalue weighted by molar-refractivity contribution is -0.141. The van der Waals surface area contributed by atoms with Crippen LogP contribution in [0, 0.1) is 0 Å². The van der Waals surface area contributed by atoms with E-state index in [0.29, 0.717) is 13.0 Å². The van der Waals surface area contributed by atoms with Gasteiger partial charge in [0.05, 0.1) is 6.33 Å². The summed E-state index contributed by atoms with van der Waals surface area (Å²) in [5.74, 6) is 0.0311. The summed E-state index contributed by atoms with van der Waals surface area (Å²) < 4.78 is 41.2. The standard InChI is InChI=1S/C16H15F3N6/c1-25-10-20-9-11(25)5-7-22-14-8-13(16(17,18)19)23-15(24-14)12-4-2-3-6-21-12/h2-4,6,8-10H,5,7H2,1H3,(H,22,23,24). The minimum absolute atomic E-state index is 0.0709. The molecule has 0 unspecified atom stereocenters.